The van der Waals surface area contributed by atoms with Crippen LogP contribution in [0, 0.1) is 0 Å². The monoisotopic (exact) mass is 340 g/mol. The molecule has 3 aromatic rings. The van der Waals surface area contributed by atoms with Gasteiger partial charge in [0.05, 0.1) is 12.5 Å². The van der Waals surface area contributed by atoms with Crippen LogP contribution in [0.4, 0.5) is 0 Å². The largest absolute Gasteiger partial charge is 0.617 e. The van der Waals surface area contributed by atoms with Crippen molar-refractivity contribution in [3.8, 4) is 11.1 Å². The highest BCUT2D eigenvalue weighted by Crippen LogP contribution is 2.29. The summed E-state index contributed by atoms with van der Waals surface area (Å²) < 4.78 is 9.56. The lowest BCUT2D eigenvalue weighted by atomic mass is 10.1. The van der Waals surface area contributed by atoms with Gasteiger partial charge in [-0.05, 0) is 35.4 Å². The first kappa shape index (κ1) is 17.7. The lowest BCUT2D eigenvalue weighted by molar-refractivity contribution is 0.606. The molecule has 23 heavy (non-hydrogen) atoms. The van der Waals surface area contributed by atoms with Crippen LogP contribution in [0.1, 0.15) is 0 Å². The van der Waals surface area contributed by atoms with Gasteiger partial charge in [0.2, 0.25) is 0 Å². The van der Waals surface area contributed by atoms with E-state index in [1.54, 1.807) is 24.3 Å². The van der Waals surface area contributed by atoms with Crippen molar-refractivity contribution in [3.63, 3.8) is 0 Å². The van der Waals surface area contributed by atoms with Crippen LogP contribution in [0.3, 0.4) is 0 Å². The summed E-state index contributed by atoms with van der Waals surface area (Å²) in [6.07, 6.45) is 3.28. The van der Waals surface area contributed by atoms with Crippen LogP contribution >= 0.6 is 11.8 Å². The first-order chi connectivity index (χ1) is 11.1. The lowest BCUT2D eigenvalue weighted by Crippen LogP contribution is -1.86. The van der Waals surface area contributed by atoms with Crippen molar-refractivity contribution in [1.29, 1.82) is 0 Å². The molecule has 0 amide bonds. The lowest BCUT2D eigenvalue weighted by Gasteiger charge is -2.04. The molecule has 0 aliphatic rings. The van der Waals surface area contributed by atoms with Crippen molar-refractivity contribution < 1.29 is 4.55 Å². The molecule has 0 N–H and O–H groups in total. The molecule has 118 valence electrons. The minimum absolute atomic E-state index is 0.611. The number of benzene rings is 3. The average Bonchev–Trinajstić information content (AvgIpc) is 2.57. The molecule has 3 heteroatoms. The molecular formula is C20H20OS2. The van der Waals surface area contributed by atoms with E-state index in [1.165, 1.54) is 20.9 Å². The molecule has 0 fully saturated rings. The van der Waals surface area contributed by atoms with Crippen LogP contribution in [-0.4, -0.2) is 17.1 Å². The van der Waals surface area contributed by atoms with Crippen molar-refractivity contribution in [2.45, 2.75) is 9.79 Å². The summed E-state index contributed by atoms with van der Waals surface area (Å²) in [5.74, 6) is 0. The Balaban J connectivity index is 0.000000433. The van der Waals surface area contributed by atoms with Gasteiger partial charge in [0.25, 0.3) is 0 Å². The molecule has 0 bridgehead atoms. The van der Waals surface area contributed by atoms with Crippen molar-refractivity contribution in [1.82, 2.24) is 0 Å². The Bertz CT molecular complexity index is 677. The fraction of sp³-hybridized carbons (Fsp3) is 0.100. The van der Waals surface area contributed by atoms with Gasteiger partial charge in [-0.3, -0.25) is 0 Å². The second-order valence-corrected chi connectivity index (χ2v) is 7.68. The normalized spacial score (nSPS) is 10.1. The van der Waals surface area contributed by atoms with E-state index in [1.807, 2.05) is 12.1 Å². The van der Waals surface area contributed by atoms with Gasteiger partial charge in [-0.2, -0.15) is 0 Å². The Morgan fingerprint density at radius 1 is 0.609 bits per heavy atom. The molecule has 0 radical (unpaired) electrons. The van der Waals surface area contributed by atoms with E-state index < -0.39 is 11.2 Å². The minimum atomic E-state index is -0.611. The molecule has 3 aromatic carbocycles. The molecule has 0 aromatic heterocycles. The molecule has 0 atom stereocenters. The predicted octanol–water partition coefficient (Wildman–Crippen LogP) is 5.50. The molecule has 1 nitrogen and oxygen atoms in total. The second-order valence-electron chi connectivity index (χ2n) is 5.05. The Morgan fingerprint density at radius 2 is 1.00 bits per heavy atom. The van der Waals surface area contributed by atoms with E-state index in [2.05, 4.69) is 72.8 Å². The average molecular weight is 341 g/mol. The summed E-state index contributed by atoms with van der Waals surface area (Å²) in [6.45, 7) is 0. The Hall–Kier alpha value is -1.68. The van der Waals surface area contributed by atoms with E-state index in [9.17, 15) is 4.55 Å². The smallest absolute Gasteiger partial charge is 0.0946 e. The van der Waals surface area contributed by atoms with Crippen molar-refractivity contribution in [2.75, 3.05) is 12.5 Å². The van der Waals surface area contributed by atoms with Crippen LogP contribution in [0.5, 0.6) is 0 Å². The van der Waals surface area contributed by atoms with Gasteiger partial charge < -0.3 is 4.55 Å². The quantitative estimate of drug-likeness (QED) is 0.588. The van der Waals surface area contributed by atoms with Gasteiger partial charge >= 0.3 is 0 Å². The Kier molecular flexibility index (Phi) is 7.27. The van der Waals surface area contributed by atoms with Gasteiger partial charge in [-0.1, -0.05) is 83.6 Å². The maximum atomic E-state index is 9.56. The van der Waals surface area contributed by atoms with E-state index in [-0.39, 0.29) is 0 Å². The second kappa shape index (κ2) is 9.46. The Labute approximate surface area is 145 Å². The molecule has 0 spiro atoms. The summed E-state index contributed by atoms with van der Waals surface area (Å²) in [5, 5.41) is 0. The third kappa shape index (κ3) is 6.53. The van der Waals surface area contributed by atoms with Crippen molar-refractivity contribution in [2.24, 2.45) is 0 Å². The zero-order valence-corrected chi connectivity index (χ0v) is 14.9. The molecule has 0 saturated carbocycles. The molecule has 0 aliphatic carbocycles. The third-order valence-electron chi connectivity index (χ3n) is 2.94. The van der Waals surface area contributed by atoms with E-state index in [0.717, 1.165) is 0 Å². The SMILES string of the molecule is C[S+](C)[O-].c1ccc(Sc2ccc(-c3ccccc3)cc2)cc1. The molecule has 0 saturated heterocycles. The van der Waals surface area contributed by atoms with E-state index >= 15 is 0 Å². The van der Waals surface area contributed by atoms with Gasteiger partial charge in [0, 0.05) is 9.79 Å². The third-order valence-corrected chi connectivity index (χ3v) is 3.96. The fourth-order valence-corrected chi connectivity index (χ4v) is 2.81. The van der Waals surface area contributed by atoms with Gasteiger partial charge in [-0.25, -0.2) is 0 Å². The highest BCUT2D eigenvalue weighted by atomic mass is 32.2. The van der Waals surface area contributed by atoms with Gasteiger partial charge in [0.15, 0.2) is 0 Å². The maximum Gasteiger partial charge on any atom is 0.0946 e. The van der Waals surface area contributed by atoms with E-state index in [0.29, 0.717) is 0 Å². The van der Waals surface area contributed by atoms with E-state index in [4.69, 9.17) is 0 Å². The number of hydrogen-bond acceptors (Lipinski definition) is 2. The predicted molar refractivity (Wildman–Crippen MR) is 102 cm³/mol. The van der Waals surface area contributed by atoms with Gasteiger partial charge in [0.1, 0.15) is 0 Å². The summed E-state index contributed by atoms with van der Waals surface area (Å²) in [5.41, 5.74) is 2.52. The highest BCUT2D eigenvalue weighted by Gasteiger charge is 1.99. The molecule has 0 unspecified atom stereocenters. The zero-order valence-electron chi connectivity index (χ0n) is 13.3. The maximum absolute atomic E-state index is 9.56. The number of hydrogen-bond donors (Lipinski definition) is 0. The zero-order chi connectivity index (χ0) is 16.5. The van der Waals surface area contributed by atoms with Crippen molar-refractivity contribution >= 4 is 22.9 Å². The molecule has 3 rings (SSSR count). The van der Waals surface area contributed by atoms with Crippen LogP contribution < -0.4 is 0 Å². The highest BCUT2D eigenvalue weighted by molar-refractivity contribution is 7.99. The molecule has 0 heterocycles. The summed E-state index contributed by atoms with van der Waals surface area (Å²) in [6, 6.07) is 29.6. The van der Waals surface area contributed by atoms with Gasteiger partial charge in [-0.15, -0.1) is 0 Å². The summed E-state index contributed by atoms with van der Waals surface area (Å²) >= 11 is 1.18. The first-order valence-electron chi connectivity index (χ1n) is 7.28. The van der Waals surface area contributed by atoms with Crippen LogP contribution in [-0.2, 0) is 11.2 Å². The van der Waals surface area contributed by atoms with Crippen molar-refractivity contribution in [3.05, 3.63) is 84.9 Å². The first-order valence-corrected chi connectivity index (χ1v) is 10.1. The minimum Gasteiger partial charge on any atom is -0.617 e. The molecular weight excluding hydrogens is 320 g/mol. The summed E-state index contributed by atoms with van der Waals surface area (Å²) in [7, 11) is 0. The van der Waals surface area contributed by atoms with Crippen LogP contribution in [0.25, 0.3) is 11.1 Å². The topological polar surface area (TPSA) is 23.1 Å². The number of rotatable bonds is 3. The standard InChI is InChI=1S/C18H14S.C2H6OS/c1-3-7-15(8-4-1)16-11-13-18(14-12-16)19-17-9-5-2-6-10-17;1-4(2)3/h1-14H;1-2H3. The molecule has 0 aliphatic heterocycles. The fourth-order valence-electron chi connectivity index (χ4n) is 1.97. The van der Waals surface area contributed by atoms with Crippen LogP contribution in [0.15, 0.2) is 94.7 Å². The summed E-state index contributed by atoms with van der Waals surface area (Å²) in [4.78, 5) is 2.54. The Morgan fingerprint density at radius 3 is 1.52 bits per heavy atom. The van der Waals surface area contributed by atoms with Crippen LogP contribution in [0.2, 0.25) is 0 Å².